The highest BCUT2D eigenvalue weighted by Gasteiger charge is 2.38. The second-order valence-corrected chi connectivity index (χ2v) is 3.66. The van der Waals surface area contributed by atoms with E-state index in [4.69, 9.17) is 5.11 Å². The molecule has 0 aliphatic heterocycles. The van der Waals surface area contributed by atoms with E-state index in [9.17, 15) is 9.90 Å². The summed E-state index contributed by atoms with van der Waals surface area (Å²) >= 11 is 0. The zero-order chi connectivity index (χ0) is 11.5. The van der Waals surface area contributed by atoms with Gasteiger partial charge in [0.1, 0.15) is 5.60 Å². The lowest BCUT2D eigenvalue weighted by Crippen LogP contribution is -2.37. The lowest BCUT2D eigenvalue weighted by molar-refractivity contribution is -0.152. The molecule has 4 heteroatoms. The van der Waals surface area contributed by atoms with Crippen LogP contribution >= 0.6 is 0 Å². The maximum absolute atomic E-state index is 11.0. The number of hydrogen-bond acceptors (Lipinski definition) is 3. The highest BCUT2D eigenvalue weighted by atomic mass is 16.4. The predicted octanol–water partition coefficient (Wildman–Crippen LogP) is 1.40. The number of nitrogens with zero attached hydrogens (tertiary/aromatic N) is 1. The molecule has 0 saturated heterocycles. The minimum atomic E-state index is -1.43. The fourth-order valence-electron chi connectivity index (χ4n) is 1.65. The van der Waals surface area contributed by atoms with Crippen LogP contribution in [0.1, 0.15) is 26.0 Å². The Morgan fingerprint density at radius 1 is 1.60 bits per heavy atom. The first-order valence-electron chi connectivity index (χ1n) is 4.86. The molecule has 82 valence electrons. The molecular formula is C11H15NO3. The zero-order valence-electron chi connectivity index (χ0n) is 8.84. The van der Waals surface area contributed by atoms with Crippen LogP contribution in [0.15, 0.2) is 24.4 Å². The number of carbonyl (C=O) groups is 1. The van der Waals surface area contributed by atoms with Crippen LogP contribution in [0.4, 0.5) is 0 Å². The van der Waals surface area contributed by atoms with Crippen LogP contribution in [0, 0.1) is 5.92 Å². The monoisotopic (exact) mass is 209 g/mol. The van der Waals surface area contributed by atoms with Crippen molar-refractivity contribution < 1.29 is 15.0 Å². The third kappa shape index (κ3) is 2.33. The number of rotatable bonds is 4. The van der Waals surface area contributed by atoms with Gasteiger partial charge in [0.15, 0.2) is 0 Å². The van der Waals surface area contributed by atoms with Gasteiger partial charge in [0.25, 0.3) is 0 Å². The molecular weight excluding hydrogens is 194 g/mol. The van der Waals surface area contributed by atoms with E-state index in [1.165, 1.54) is 6.92 Å². The molecule has 0 fully saturated rings. The molecule has 0 saturated carbocycles. The normalized spacial score (nSPS) is 16.7. The van der Waals surface area contributed by atoms with Gasteiger partial charge in [-0.3, -0.25) is 9.78 Å². The molecule has 2 N–H and O–H groups in total. The first kappa shape index (κ1) is 11.7. The van der Waals surface area contributed by atoms with E-state index in [-0.39, 0.29) is 0 Å². The molecule has 1 rings (SSSR count). The summed E-state index contributed by atoms with van der Waals surface area (Å²) in [5, 5.41) is 19.2. The Morgan fingerprint density at radius 2 is 2.27 bits per heavy atom. The molecule has 0 radical (unpaired) electrons. The molecule has 0 aliphatic rings. The minimum absolute atomic E-state index is 0.360. The number of aliphatic carboxylic acids is 1. The maximum atomic E-state index is 11.0. The molecule has 0 spiro atoms. The SMILES string of the molecule is CCC(C(=O)O)C(C)(O)c1ccccn1. The first-order valence-corrected chi connectivity index (χ1v) is 4.86. The van der Waals surface area contributed by atoms with Crippen LogP contribution in [-0.4, -0.2) is 21.2 Å². The summed E-state index contributed by atoms with van der Waals surface area (Å²) in [6.45, 7) is 3.22. The van der Waals surface area contributed by atoms with Crippen LogP contribution in [-0.2, 0) is 10.4 Å². The number of carboxylic acids is 1. The molecule has 0 bridgehead atoms. The summed E-state index contributed by atoms with van der Waals surface area (Å²) in [7, 11) is 0. The molecule has 4 nitrogen and oxygen atoms in total. The summed E-state index contributed by atoms with van der Waals surface area (Å²) in [4.78, 5) is 15.0. The predicted molar refractivity (Wildman–Crippen MR) is 55.2 cm³/mol. The van der Waals surface area contributed by atoms with Gasteiger partial charge in [0, 0.05) is 6.20 Å². The maximum Gasteiger partial charge on any atom is 0.309 e. The Bertz CT molecular complexity index is 335. The van der Waals surface area contributed by atoms with Crippen LogP contribution < -0.4 is 0 Å². The highest BCUT2D eigenvalue weighted by molar-refractivity contribution is 5.71. The van der Waals surface area contributed by atoms with Gasteiger partial charge in [-0.25, -0.2) is 0 Å². The van der Waals surface area contributed by atoms with Gasteiger partial charge >= 0.3 is 5.97 Å². The third-order valence-corrected chi connectivity index (χ3v) is 2.57. The number of aliphatic hydroxyl groups is 1. The topological polar surface area (TPSA) is 70.4 Å². The number of carboxylic acid groups (broad SMARTS) is 1. The molecule has 0 aromatic carbocycles. The first-order chi connectivity index (χ1) is 7.00. The average molecular weight is 209 g/mol. The Hall–Kier alpha value is -1.42. The van der Waals surface area contributed by atoms with Crippen LogP contribution in [0.2, 0.25) is 0 Å². The Kier molecular flexibility index (Phi) is 3.42. The smallest absolute Gasteiger partial charge is 0.309 e. The Balaban J connectivity index is 3.05. The van der Waals surface area contributed by atoms with Crippen molar-refractivity contribution in [2.45, 2.75) is 25.9 Å². The molecule has 1 aromatic heterocycles. The number of aromatic nitrogens is 1. The van der Waals surface area contributed by atoms with Crippen molar-refractivity contribution in [1.29, 1.82) is 0 Å². The second-order valence-electron chi connectivity index (χ2n) is 3.66. The van der Waals surface area contributed by atoms with Crippen molar-refractivity contribution in [1.82, 2.24) is 4.98 Å². The van der Waals surface area contributed by atoms with Crippen molar-refractivity contribution in [3.8, 4) is 0 Å². The summed E-state index contributed by atoms with van der Waals surface area (Å²) in [6.07, 6.45) is 1.90. The Labute approximate surface area is 88.6 Å². The van der Waals surface area contributed by atoms with Crippen molar-refractivity contribution in [3.05, 3.63) is 30.1 Å². The van der Waals surface area contributed by atoms with E-state index >= 15 is 0 Å². The average Bonchev–Trinajstić information content (AvgIpc) is 2.19. The largest absolute Gasteiger partial charge is 0.481 e. The second kappa shape index (κ2) is 4.40. The highest BCUT2D eigenvalue weighted by Crippen LogP contribution is 2.30. The van der Waals surface area contributed by atoms with Crippen molar-refractivity contribution >= 4 is 5.97 Å². The van der Waals surface area contributed by atoms with Crippen molar-refractivity contribution in [3.63, 3.8) is 0 Å². The third-order valence-electron chi connectivity index (χ3n) is 2.57. The number of hydrogen-bond donors (Lipinski definition) is 2. The van der Waals surface area contributed by atoms with Gasteiger partial charge in [-0.1, -0.05) is 13.0 Å². The standard InChI is InChI=1S/C11H15NO3/c1-3-8(10(13)14)11(2,15)9-6-4-5-7-12-9/h4-8,15H,3H2,1-2H3,(H,13,14). The van der Waals surface area contributed by atoms with Gasteiger partial charge in [-0.15, -0.1) is 0 Å². The van der Waals surface area contributed by atoms with Crippen LogP contribution in [0.5, 0.6) is 0 Å². The fourth-order valence-corrected chi connectivity index (χ4v) is 1.65. The summed E-state index contributed by atoms with van der Waals surface area (Å²) in [5.74, 6) is -1.85. The molecule has 0 amide bonds. The van der Waals surface area contributed by atoms with Gasteiger partial charge in [0.05, 0.1) is 11.6 Å². The van der Waals surface area contributed by atoms with Gasteiger partial charge in [-0.2, -0.15) is 0 Å². The van der Waals surface area contributed by atoms with Gasteiger partial charge in [0.2, 0.25) is 0 Å². The fraction of sp³-hybridized carbons (Fsp3) is 0.455. The molecule has 0 aliphatic carbocycles. The molecule has 1 heterocycles. The summed E-state index contributed by atoms with van der Waals surface area (Å²) < 4.78 is 0. The molecule has 2 unspecified atom stereocenters. The quantitative estimate of drug-likeness (QED) is 0.786. The lowest BCUT2D eigenvalue weighted by Gasteiger charge is -2.28. The van der Waals surface area contributed by atoms with Crippen LogP contribution in [0.3, 0.4) is 0 Å². The van der Waals surface area contributed by atoms with Crippen LogP contribution in [0.25, 0.3) is 0 Å². The van der Waals surface area contributed by atoms with Crippen molar-refractivity contribution in [2.75, 3.05) is 0 Å². The van der Waals surface area contributed by atoms with E-state index in [1.807, 2.05) is 0 Å². The van der Waals surface area contributed by atoms with E-state index in [0.717, 1.165) is 0 Å². The van der Waals surface area contributed by atoms with Crippen molar-refractivity contribution in [2.24, 2.45) is 5.92 Å². The molecule has 15 heavy (non-hydrogen) atoms. The minimum Gasteiger partial charge on any atom is -0.481 e. The summed E-state index contributed by atoms with van der Waals surface area (Å²) in [6, 6.07) is 5.08. The summed E-state index contributed by atoms with van der Waals surface area (Å²) in [5.41, 5.74) is -1.04. The van der Waals surface area contributed by atoms with E-state index in [1.54, 1.807) is 31.3 Å². The van der Waals surface area contributed by atoms with E-state index in [0.29, 0.717) is 12.1 Å². The zero-order valence-corrected chi connectivity index (χ0v) is 8.84. The molecule has 1 aromatic rings. The Morgan fingerprint density at radius 3 is 2.67 bits per heavy atom. The number of pyridine rings is 1. The molecule has 2 atom stereocenters. The van der Waals surface area contributed by atoms with Gasteiger partial charge < -0.3 is 10.2 Å². The lowest BCUT2D eigenvalue weighted by atomic mass is 9.84. The van der Waals surface area contributed by atoms with E-state index in [2.05, 4.69) is 4.98 Å². The van der Waals surface area contributed by atoms with Gasteiger partial charge in [-0.05, 0) is 25.5 Å². The van der Waals surface area contributed by atoms with E-state index < -0.39 is 17.5 Å².